The molecule has 0 atom stereocenters. The van der Waals surface area contributed by atoms with Crippen LogP contribution in [0.1, 0.15) is 11.1 Å². The quantitative estimate of drug-likeness (QED) is 0.230. The molecule has 130 valence electrons. The summed E-state index contributed by atoms with van der Waals surface area (Å²) in [6, 6.07) is 11.3. The molecule has 0 unspecified atom stereocenters. The number of nitriles is 1. The molecule has 0 heterocycles. The Labute approximate surface area is 158 Å². The Morgan fingerprint density at radius 1 is 1.35 bits per heavy atom. The molecule has 0 aliphatic heterocycles. The van der Waals surface area contributed by atoms with Crippen molar-refractivity contribution in [2.75, 3.05) is 13.7 Å². The molecule has 2 aromatic rings. The topological polar surface area (TPSA) is 85.4 Å². The molecular weight excluding hydrogens is 400 g/mol. The third kappa shape index (κ3) is 4.41. The fourth-order valence-corrected chi connectivity index (χ4v) is 2.59. The molecule has 0 radical (unpaired) electrons. The summed E-state index contributed by atoms with van der Waals surface area (Å²) >= 11 is 3.43. The van der Waals surface area contributed by atoms with Crippen molar-refractivity contribution in [1.82, 2.24) is 0 Å². The highest BCUT2D eigenvalue weighted by Gasteiger charge is 2.11. The van der Waals surface area contributed by atoms with Gasteiger partial charge >= 0.3 is 0 Å². The number of rotatable bonds is 6. The third-order valence-corrected chi connectivity index (χ3v) is 4.09. The van der Waals surface area contributed by atoms with Gasteiger partial charge in [0, 0.05) is 16.6 Å². The summed E-state index contributed by atoms with van der Waals surface area (Å²) in [5.74, 6) is 3.32. The monoisotopic (exact) mass is 412 g/mol. The number of terminal acetylenes is 1. The first-order valence-electron chi connectivity index (χ1n) is 7.30. The average Bonchev–Trinajstić information content (AvgIpc) is 2.65. The molecule has 0 aliphatic rings. The Kier molecular flexibility index (Phi) is 6.37. The molecule has 0 N–H and O–H groups in total. The number of nitro benzene ring substituents is 1. The number of nitrogens with zero attached hydrogens (tertiary/aromatic N) is 2. The van der Waals surface area contributed by atoms with Crippen LogP contribution in [0.15, 0.2) is 40.9 Å². The van der Waals surface area contributed by atoms with Crippen molar-refractivity contribution < 1.29 is 14.4 Å². The summed E-state index contributed by atoms with van der Waals surface area (Å²) in [7, 11) is 1.50. The van der Waals surface area contributed by atoms with E-state index in [4.69, 9.17) is 15.9 Å². The summed E-state index contributed by atoms with van der Waals surface area (Å²) in [4.78, 5) is 10.3. The van der Waals surface area contributed by atoms with Crippen molar-refractivity contribution in [3.8, 4) is 29.9 Å². The highest BCUT2D eigenvalue weighted by molar-refractivity contribution is 9.10. The van der Waals surface area contributed by atoms with Crippen LogP contribution in [-0.4, -0.2) is 18.6 Å². The zero-order valence-electron chi connectivity index (χ0n) is 13.7. The lowest BCUT2D eigenvalue weighted by molar-refractivity contribution is -0.384. The van der Waals surface area contributed by atoms with Crippen LogP contribution < -0.4 is 9.47 Å². The number of non-ortho nitro benzene ring substituents is 1. The number of methoxy groups -OCH3 is 1. The molecule has 0 fully saturated rings. The summed E-state index contributed by atoms with van der Waals surface area (Å²) in [6.45, 7) is 0.101. The van der Waals surface area contributed by atoms with E-state index < -0.39 is 4.92 Å². The summed E-state index contributed by atoms with van der Waals surface area (Å²) in [5.41, 5.74) is 1.56. The lowest BCUT2D eigenvalue weighted by atomic mass is 10.0. The van der Waals surface area contributed by atoms with E-state index in [9.17, 15) is 15.4 Å². The van der Waals surface area contributed by atoms with Crippen LogP contribution in [0.4, 0.5) is 5.69 Å². The Hall–Kier alpha value is -3.29. The Morgan fingerprint density at radius 3 is 2.58 bits per heavy atom. The van der Waals surface area contributed by atoms with Crippen molar-refractivity contribution in [2.24, 2.45) is 0 Å². The molecular formula is C19H13BrN2O4. The lowest BCUT2D eigenvalue weighted by Crippen LogP contribution is -1.97. The fraction of sp³-hybridized carbons (Fsp3) is 0.105. The first-order chi connectivity index (χ1) is 12.5. The van der Waals surface area contributed by atoms with E-state index in [2.05, 4.69) is 27.9 Å². The normalized spacial score (nSPS) is 10.5. The van der Waals surface area contributed by atoms with Crippen LogP contribution in [0, 0.1) is 33.8 Å². The molecule has 0 bridgehead atoms. The van der Waals surface area contributed by atoms with Gasteiger partial charge in [-0.15, -0.1) is 6.42 Å². The Bertz CT molecular complexity index is 938. The molecule has 6 nitrogen and oxygen atoms in total. The van der Waals surface area contributed by atoms with Gasteiger partial charge in [-0.3, -0.25) is 10.1 Å². The van der Waals surface area contributed by atoms with Crippen molar-refractivity contribution in [3.63, 3.8) is 0 Å². The van der Waals surface area contributed by atoms with Gasteiger partial charge in [0.15, 0.2) is 11.5 Å². The highest BCUT2D eigenvalue weighted by Crippen LogP contribution is 2.35. The summed E-state index contributed by atoms with van der Waals surface area (Å²) < 4.78 is 11.4. The van der Waals surface area contributed by atoms with Gasteiger partial charge in [0.25, 0.3) is 5.69 Å². The van der Waals surface area contributed by atoms with E-state index in [-0.39, 0.29) is 12.3 Å². The minimum Gasteiger partial charge on any atom is -0.493 e. The van der Waals surface area contributed by atoms with Crippen LogP contribution in [0.2, 0.25) is 0 Å². The van der Waals surface area contributed by atoms with Gasteiger partial charge in [-0.2, -0.15) is 5.26 Å². The van der Waals surface area contributed by atoms with Gasteiger partial charge in [0.2, 0.25) is 0 Å². The predicted molar refractivity (Wildman–Crippen MR) is 102 cm³/mol. The zero-order chi connectivity index (χ0) is 19.1. The largest absolute Gasteiger partial charge is 0.493 e. The second-order valence-electron chi connectivity index (χ2n) is 4.99. The van der Waals surface area contributed by atoms with Gasteiger partial charge in [-0.1, -0.05) is 21.9 Å². The number of hydrogen-bond donors (Lipinski definition) is 0. The maximum atomic E-state index is 10.7. The first kappa shape index (κ1) is 19.0. The van der Waals surface area contributed by atoms with Crippen LogP contribution in [0.25, 0.3) is 11.6 Å². The molecule has 0 saturated heterocycles. The lowest BCUT2D eigenvalue weighted by Gasteiger charge is -2.11. The van der Waals surface area contributed by atoms with E-state index in [1.807, 2.05) is 0 Å². The van der Waals surface area contributed by atoms with E-state index in [0.29, 0.717) is 32.7 Å². The predicted octanol–water partition coefficient (Wildman–Crippen LogP) is 4.44. The number of benzene rings is 2. The standard InChI is InChI=1S/C19H13BrN2O4/c1-3-8-26-19-11-17(20)14(10-18(19)25-2)9-15(12-21)13-4-6-16(7-5-13)22(23)24/h1,4-7,9-11H,8H2,2H3/b15-9-. The SMILES string of the molecule is C#CCOc1cc(Br)c(/C=C(/C#N)c2ccc([N+](=O)[O-])cc2)cc1OC. The van der Waals surface area contributed by atoms with Gasteiger partial charge in [0.1, 0.15) is 6.61 Å². The number of nitro groups is 1. The minimum absolute atomic E-state index is 0.0381. The minimum atomic E-state index is -0.490. The number of allylic oxidation sites excluding steroid dienone is 1. The molecule has 2 aromatic carbocycles. The van der Waals surface area contributed by atoms with Crippen LogP contribution >= 0.6 is 15.9 Å². The zero-order valence-corrected chi connectivity index (χ0v) is 15.3. The van der Waals surface area contributed by atoms with Crippen molar-refractivity contribution >= 4 is 33.3 Å². The number of ether oxygens (including phenoxy) is 2. The average molecular weight is 413 g/mol. The Morgan fingerprint density at radius 2 is 2.04 bits per heavy atom. The van der Waals surface area contributed by atoms with Gasteiger partial charge in [0.05, 0.1) is 23.7 Å². The van der Waals surface area contributed by atoms with Crippen LogP contribution in [0.5, 0.6) is 11.5 Å². The van der Waals surface area contributed by atoms with Gasteiger partial charge in [-0.05, 0) is 41.5 Å². The molecule has 0 saturated carbocycles. The molecule has 2 rings (SSSR count). The molecule has 0 amide bonds. The summed E-state index contributed by atoms with van der Waals surface area (Å²) in [6.07, 6.45) is 6.85. The Balaban J connectivity index is 2.44. The van der Waals surface area contributed by atoms with Crippen molar-refractivity contribution in [3.05, 3.63) is 62.1 Å². The first-order valence-corrected chi connectivity index (χ1v) is 8.10. The van der Waals surface area contributed by atoms with Crippen molar-refractivity contribution in [1.29, 1.82) is 5.26 Å². The smallest absolute Gasteiger partial charge is 0.269 e. The fourth-order valence-electron chi connectivity index (χ4n) is 2.15. The summed E-state index contributed by atoms with van der Waals surface area (Å²) in [5, 5.41) is 20.2. The van der Waals surface area contributed by atoms with Gasteiger partial charge in [-0.25, -0.2) is 0 Å². The molecule has 0 aromatic heterocycles. The highest BCUT2D eigenvalue weighted by atomic mass is 79.9. The number of hydrogen-bond acceptors (Lipinski definition) is 5. The maximum absolute atomic E-state index is 10.7. The second-order valence-corrected chi connectivity index (χ2v) is 5.85. The van der Waals surface area contributed by atoms with E-state index >= 15 is 0 Å². The molecule has 26 heavy (non-hydrogen) atoms. The van der Waals surface area contributed by atoms with Crippen LogP contribution in [-0.2, 0) is 0 Å². The molecule has 0 aliphatic carbocycles. The van der Waals surface area contributed by atoms with Gasteiger partial charge < -0.3 is 9.47 Å². The van der Waals surface area contributed by atoms with E-state index in [1.165, 1.54) is 31.4 Å². The maximum Gasteiger partial charge on any atom is 0.269 e. The number of halogens is 1. The van der Waals surface area contributed by atoms with Crippen LogP contribution in [0.3, 0.4) is 0 Å². The van der Waals surface area contributed by atoms with E-state index in [0.717, 1.165) is 0 Å². The molecule has 0 spiro atoms. The van der Waals surface area contributed by atoms with Crippen molar-refractivity contribution in [2.45, 2.75) is 0 Å². The molecule has 7 heteroatoms. The van der Waals surface area contributed by atoms with E-state index in [1.54, 1.807) is 18.2 Å². The second kappa shape index (κ2) is 8.70. The third-order valence-electron chi connectivity index (χ3n) is 3.40.